The summed E-state index contributed by atoms with van der Waals surface area (Å²) in [6, 6.07) is 8.73. The Kier molecular flexibility index (Phi) is 3.68. The first-order valence-electron chi connectivity index (χ1n) is 5.74. The Labute approximate surface area is 117 Å². The number of nitrogens with one attached hydrogen (secondary N) is 1. The number of nitrogens with two attached hydrogens (primary N) is 1. The molecule has 1 aromatic carbocycles. The molecule has 0 spiro atoms. The lowest BCUT2D eigenvalue weighted by Crippen LogP contribution is -2.16. The molecule has 0 aliphatic carbocycles. The highest BCUT2D eigenvalue weighted by Crippen LogP contribution is 2.35. The summed E-state index contributed by atoms with van der Waals surface area (Å²) in [7, 11) is 0. The van der Waals surface area contributed by atoms with Gasteiger partial charge in [-0.2, -0.15) is 10.5 Å². The molecule has 3 N–H and O–H groups in total. The molecule has 5 nitrogen and oxygen atoms in total. The average molecular weight is 286 g/mol. The van der Waals surface area contributed by atoms with Crippen LogP contribution in [-0.4, -0.2) is 4.98 Å². The van der Waals surface area contributed by atoms with Crippen molar-refractivity contribution in [3.63, 3.8) is 0 Å². The number of rotatable bonds is 2. The zero-order valence-corrected chi connectivity index (χ0v) is 10.5. The molecule has 2 aromatic rings. The van der Waals surface area contributed by atoms with Gasteiger partial charge in [0.05, 0.1) is 0 Å². The third-order valence-electron chi connectivity index (χ3n) is 2.93. The third kappa shape index (κ3) is 2.33. The van der Waals surface area contributed by atoms with Gasteiger partial charge in [0.25, 0.3) is 12.0 Å². The minimum absolute atomic E-state index is 0.0570. The number of alkyl halides is 2. The lowest BCUT2D eigenvalue weighted by Gasteiger charge is -2.12. The standard InChI is InChI=1S/C14H8F2N4O/c15-12(16)8-4-2-1-3-7(8)11-9(5-17)13(19)20-14(21)10(11)6-18/h1-4,12H,(H3,19,20,21). The van der Waals surface area contributed by atoms with Gasteiger partial charge < -0.3 is 10.7 Å². The Balaban J connectivity index is 2.98. The van der Waals surface area contributed by atoms with Gasteiger partial charge in [0.15, 0.2) is 0 Å². The van der Waals surface area contributed by atoms with Crippen molar-refractivity contribution < 1.29 is 8.78 Å². The molecule has 0 aliphatic heterocycles. The van der Waals surface area contributed by atoms with Gasteiger partial charge in [-0.05, 0) is 5.56 Å². The van der Waals surface area contributed by atoms with E-state index in [9.17, 15) is 13.6 Å². The molecule has 21 heavy (non-hydrogen) atoms. The van der Waals surface area contributed by atoms with Crippen molar-refractivity contribution in [3.8, 4) is 23.3 Å². The second-order valence-electron chi connectivity index (χ2n) is 4.10. The van der Waals surface area contributed by atoms with Crippen LogP contribution in [0.4, 0.5) is 14.6 Å². The molecule has 2 rings (SSSR count). The van der Waals surface area contributed by atoms with Crippen LogP contribution in [0, 0.1) is 22.7 Å². The molecule has 1 heterocycles. The second kappa shape index (κ2) is 5.43. The number of nitrogen functional groups attached to an aromatic ring is 1. The van der Waals surface area contributed by atoms with Crippen molar-refractivity contribution in [2.45, 2.75) is 6.43 Å². The Morgan fingerprint density at radius 2 is 1.76 bits per heavy atom. The Morgan fingerprint density at radius 3 is 2.33 bits per heavy atom. The highest BCUT2D eigenvalue weighted by molar-refractivity contribution is 5.82. The van der Waals surface area contributed by atoms with E-state index in [1.165, 1.54) is 24.3 Å². The van der Waals surface area contributed by atoms with E-state index in [-0.39, 0.29) is 28.1 Å². The molecule has 0 unspecified atom stereocenters. The number of H-pyrrole nitrogens is 1. The van der Waals surface area contributed by atoms with Crippen LogP contribution in [0.15, 0.2) is 29.1 Å². The van der Waals surface area contributed by atoms with Crippen molar-refractivity contribution >= 4 is 5.82 Å². The van der Waals surface area contributed by atoms with Crippen LogP contribution < -0.4 is 11.3 Å². The molecule has 0 saturated heterocycles. The fourth-order valence-corrected chi connectivity index (χ4v) is 2.03. The fraction of sp³-hybridized carbons (Fsp3) is 0.0714. The van der Waals surface area contributed by atoms with Crippen LogP contribution in [0.2, 0.25) is 0 Å². The van der Waals surface area contributed by atoms with E-state index in [1.54, 1.807) is 12.1 Å². The molecule has 0 aliphatic rings. The predicted molar refractivity (Wildman–Crippen MR) is 71.3 cm³/mol. The summed E-state index contributed by atoms with van der Waals surface area (Å²) < 4.78 is 26.2. The highest BCUT2D eigenvalue weighted by Gasteiger charge is 2.22. The first-order chi connectivity index (χ1) is 10.0. The molecule has 0 bridgehead atoms. The van der Waals surface area contributed by atoms with Crippen molar-refractivity contribution in [2.75, 3.05) is 5.73 Å². The van der Waals surface area contributed by atoms with Crippen molar-refractivity contribution in [1.29, 1.82) is 10.5 Å². The van der Waals surface area contributed by atoms with E-state index in [0.717, 1.165) is 0 Å². The molecule has 0 saturated carbocycles. The minimum Gasteiger partial charge on any atom is -0.384 e. The van der Waals surface area contributed by atoms with Gasteiger partial charge in [-0.1, -0.05) is 24.3 Å². The summed E-state index contributed by atoms with van der Waals surface area (Å²) in [5, 5.41) is 18.2. The number of benzene rings is 1. The molecular formula is C14H8F2N4O. The number of nitrogens with zero attached hydrogens (tertiary/aromatic N) is 2. The number of pyridine rings is 1. The molecule has 0 radical (unpaired) electrons. The van der Waals surface area contributed by atoms with Crippen LogP contribution in [0.25, 0.3) is 11.1 Å². The third-order valence-corrected chi connectivity index (χ3v) is 2.93. The highest BCUT2D eigenvalue weighted by atomic mass is 19.3. The minimum atomic E-state index is -2.82. The molecule has 0 amide bonds. The quantitative estimate of drug-likeness (QED) is 0.883. The van der Waals surface area contributed by atoms with E-state index in [0.29, 0.717) is 0 Å². The second-order valence-corrected chi connectivity index (χ2v) is 4.10. The predicted octanol–water partition coefficient (Wildman–Crippen LogP) is 2.31. The van der Waals surface area contributed by atoms with Gasteiger partial charge in [0.2, 0.25) is 0 Å². The molecule has 0 atom stereocenters. The van der Waals surface area contributed by atoms with Gasteiger partial charge in [-0.3, -0.25) is 4.79 Å². The van der Waals surface area contributed by atoms with E-state index in [4.69, 9.17) is 16.3 Å². The van der Waals surface area contributed by atoms with Crippen LogP contribution in [0.5, 0.6) is 0 Å². The van der Waals surface area contributed by atoms with Gasteiger partial charge in [-0.25, -0.2) is 8.78 Å². The normalized spacial score (nSPS) is 10.1. The number of aromatic amines is 1. The van der Waals surface area contributed by atoms with Crippen LogP contribution in [0.3, 0.4) is 0 Å². The molecule has 7 heteroatoms. The molecular weight excluding hydrogens is 278 g/mol. The lowest BCUT2D eigenvalue weighted by atomic mass is 9.93. The summed E-state index contributed by atoms with van der Waals surface area (Å²) in [6.45, 7) is 0. The van der Waals surface area contributed by atoms with Gasteiger partial charge >= 0.3 is 0 Å². The lowest BCUT2D eigenvalue weighted by molar-refractivity contribution is 0.152. The van der Waals surface area contributed by atoms with Crippen molar-refractivity contribution in [1.82, 2.24) is 4.98 Å². The molecule has 0 fully saturated rings. The Hall–Kier alpha value is -3.19. The van der Waals surface area contributed by atoms with Crippen molar-refractivity contribution in [3.05, 3.63) is 51.3 Å². The van der Waals surface area contributed by atoms with E-state index in [2.05, 4.69) is 4.98 Å². The summed E-state index contributed by atoms with van der Waals surface area (Å²) in [4.78, 5) is 13.9. The van der Waals surface area contributed by atoms with Crippen LogP contribution in [0.1, 0.15) is 23.1 Å². The van der Waals surface area contributed by atoms with E-state index in [1.807, 2.05) is 0 Å². The van der Waals surface area contributed by atoms with E-state index >= 15 is 0 Å². The largest absolute Gasteiger partial charge is 0.384 e. The van der Waals surface area contributed by atoms with Gasteiger partial charge in [0.1, 0.15) is 29.1 Å². The summed E-state index contributed by atoms with van der Waals surface area (Å²) >= 11 is 0. The maximum atomic E-state index is 13.1. The molecule has 104 valence electrons. The first-order valence-corrected chi connectivity index (χ1v) is 5.74. The zero-order chi connectivity index (χ0) is 15.6. The van der Waals surface area contributed by atoms with Crippen molar-refractivity contribution in [2.24, 2.45) is 0 Å². The number of hydrogen-bond donors (Lipinski definition) is 2. The Bertz CT molecular complexity index is 844. The van der Waals surface area contributed by atoms with Gasteiger partial charge in [-0.15, -0.1) is 0 Å². The molecule has 1 aromatic heterocycles. The number of nitriles is 2. The van der Waals surface area contributed by atoms with Crippen LogP contribution >= 0.6 is 0 Å². The van der Waals surface area contributed by atoms with Crippen LogP contribution in [-0.2, 0) is 0 Å². The maximum Gasteiger partial charge on any atom is 0.268 e. The topological polar surface area (TPSA) is 106 Å². The zero-order valence-electron chi connectivity index (χ0n) is 10.5. The fourth-order valence-electron chi connectivity index (χ4n) is 2.03. The summed E-state index contributed by atoms with van der Waals surface area (Å²) in [5.41, 5.74) is 3.48. The van der Waals surface area contributed by atoms with Gasteiger partial charge in [0, 0.05) is 11.1 Å². The SMILES string of the molecule is N#Cc1c(N)[nH]c(=O)c(C#N)c1-c1ccccc1C(F)F. The summed E-state index contributed by atoms with van der Waals surface area (Å²) in [5.74, 6) is -0.263. The average Bonchev–Trinajstić information content (AvgIpc) is 2.46. The number of aromatic nitrogens is 1. The number of anilines is 1. The number of hydrogen-bond acceptors (Lipinski definition) is 4. The maximum absolute atomic E-state index is 13.1. The first kappa shape index (κ1) is 14.2. The summed E-state index contributed by atoms with van der Waals surface area (Å²) in [6.07, 6.45) is -2.82. The smallest absolute Gasteiger partial charge is 0.268 e. The monoisotopic (exact) mass is 286 g/mol. The Morgan fingerprint density at radius 1 is 1.14 bits per heavy atom. The number of halogens is 2. The van der Waals surface area contributed by atoms with E-state index < -0.39 is 17.5 Å².